The highest BCUT2D eigenvalue weighted by Gasteiger charge is 2.15. The van der Waals surface area contributed by atoms with Gasteiger partial charge in [-0.15, -0.1) is 0 Å². The molecule has 0 aliphatic rings. The normalized spacial score (nSPS) is 11.0. The number of hydrogen-bond acceptors (Lipinski definition) is 4. The van der Waals surface area contributed by atoms with Crippen molar-refractivity contribution in [2.24, 2.45) is 7.05 Å². The molecule has 0 aromatic carbocycles. The van der Waals surface area contributed by atoms with E-state index in [9.17, 15) is 4.79 Å². The molecule has 0 spiro atoms. The Kier molecular flexibility index (Phi) is 3.21. The van der Waals surface area contributed by atoms with Gasteiger partial charge in [0.2, 0.25) is 0 Å². The van der Waals surface area contributed by atoms with Gasteiger partial charge in [0.15, 0.2) is 0 Å². The van der Waals surface area contributed by atoms with Crippen molar-refractivity contribution >= 4 is 11.6 Å². The van der Waals surface area contributed by atoms with Crippen LogP contribution in [-0.4, -0.2) is 25.1 Å². The van der Waals surface area contributed by atoms with Crippen LogP contribution in [0.4, 0.5) is 0 Å². The molecular formula is C15H16N4O2. The molecule has 6 nitrogen and oxygen atoms in total. The number of carbonyl (C=O) groups excluding carboxylic acids is 1. The Bertz CT molecular complexity index is 816. The fraction of sp³-hybridized carbons (Fsp3) is 0.267. The molecule has 3 heterocycles. The van der Waals surface area contributed by atoms with E-state index in [-0.39, 0.29) is 12.6 Å². The van der Waals surface area contributed by atoms with E-state index < -0.39 is 0 Å². The average Bonchev–Trinajstić information content (AvgIpc) is 3.00. The van der Waals surface area contributed by atoms with Crippen LogP contribution >= 0.6 is 0 Å². The van der Waals surface area contributed by atoms with E-state index in [1.807, 2.05) is 42.8 Å². The highest BCUT2D eigenvalue weighted by Crippen LogP contribution is 2.11. The van der Waals surface area contributed by atoms with Crippen LogP contribution in [0, 0.1) is 13.8 Å². The minimum atomic E-state index is -0.381. The molecule has 21 heavy (non-hydrogen) atoms. The second-order valence-electron chi connectivity index (χ2n) is 5.05. The number of esters is 1. The van der Waals surface area contributed by atoms with Gasteiger partial charge < -0.3 is 9.14 Å². The summed E-state index contributed by atoms with van der Waals surface area (Å²) >= 11 is 0. The van der Waals surface area contributed by atoms with Crippen LogP contribution in [0.5, 0.6) is 0 Å². The number of fused-ring (bicyclic) bond motifs is 1. The fourth-order valence-electron chi connectivity index (χ4n) is 2.14. The number of aryl methyl sites for hydroxylation is 2. The Morgan fingerprint density at radius 2 is 2.10 bits per heavy atom. The topological polar surface area (TPSA) is 61.4 Å². The van der Waals surface area contributed by atoms with Crippen LogP contribution in [0.2, 0.25) is 0 Å². The van der Waals surface area contributed by atoms with Gasteiger partial charge in [-0.2, -0.15) is 5.10 Å². The minimum absolute atomic E-state index is 0.147. The van der Waals surface area contributed by atoms with Crippen LogP contribution < -0.4 is 0 Å². The smallest absolute Gasteiger partial charge is 0.342 e. The third-order valence-corrected chi connectivity index (χ3v) is 3.46. The van der Waals surface area contributed by atoms with Gasteiger partial charge in [0, 0.05) is 25.1 Å². The molecule has 3 aromatic heterocycles. The van der Waals surface area contributed by atoms with Crippen LogP contribution in [-0.2, 0) is 18.4 Å². The zero-order valence-corrected chi connectivity index (χ0v) is 12.2. The van der Waals surface area contributed by atoms with Gasteiger partial charge in [-0.05, 0) is 25.5 Å². The van der Waals surface area contributed by atoms with Crippen molar-refractivity contribution in [3.8, 4) is 0 Å². The maximum atomic E-state index is 12.0. The lowest BCUT2D eigenvalue weighted by Crippen LogP contribution is -2.07. The summed E-state index contributed by atoms with van der Waals surface area (Å²) in [4.78, 5) is 16.4. The molecule has 0 fully saturated rings. The van der Waals surface area contributed by atoms with E-state index >= 15 is 0 Å². The fourth-order valence-corrected chi connectivity index (χ4v) is 2.14. The zero-order chi connectivity index (χ0) is 15.0. The number of pyridine rings is 1. The average molecular weight is 284 g/mol. The Morgan fingerprint density at radius 1 is 1.29 bits per heavy atom. The summed E-state index contributed by atoms with van der Waals surface area (Å²) in [5.41, 5.74) is 3.97. The van der Waals surface area contributed by atoms with E-state index in [4.69, 9.17) is 4.74 Å². The van der Waals surface area contributed by atoms with E-state index in [0.717, 1.165) is 22.6 Å². The molecule has 0 N–H and O–H groups in total. The lowest BCUT2D eigenvalue weighted by atomic mass is 10.3. The Hall–Kier alpha value is -2.63. The van der Waals surface area contributed by atoms with Crippen molar-refractivity contribution < 1.29 is 9.53 Å². The SMILES string of the molecule is Cc1ccc2nc(COC(=O)c3cnn(C)c3C)cn2c1. The van der Waals surface area contributed by atoms with Gasteiger partial charge in [0.05, 0.1) is 11.9 Å². The van der Waals surface area contributed by atoms with Crippen LogP contribution in [0.15, 0.2) is 30.7 Å². The molecule has 0 unspecified atom stereocenters. The second-order valence-corrected chi connectivity index (χ2v) is 5.05. The summed E-state index contributed by atoms with van der Waals surface area (Å²) in [6.07, 6.45) is 5.37. The molecule has 0 atom stereocenters. The molecule has 0 aliphatic carbocycles. The van der Waals surface area contributed by atoms with Gasteiger partial charge in [0.25, 0.3) is 0 Å². The van der Waals surface area contributed by atoms with Gasteiger partial charge in [-0.1, -0.05) is 6.07 Å². The number of imidazole rings is 1. The standard InChI is InChI=1S/C15H16N4O2/c1-10-4-5-14-17-12(8-19(14)7-10)9-21-15(20)13-6-16-18(3)11(13)2/h4-8H,9H2,1-3H3. The number of hydrogen-bond donors (Lipinski definition) is 0. The molecule has 0 bridgehead atoms. The maximum absolute atomic E-state index is 12.0. The van der Waals surface area contributed by atoms with E-state index in [0.29, 0.717) is 5.56 Å². The number of aromatic nitrogens is 4. The van der Waals surface area contributed by atoms with E-state index in [1.165, 1.54) is 6.20 Å². The summed E-state index contributed by atoms with van der Waals surface area (Å²) in [6, 6.07) is 3.93. The molecule has 0 radical (unpaired) electrons. The quantitative estimate of drug-likeness (QED) is 0.691. The van der Waals surface area contributed by atoms with Gasteiger partial charge >= 0.3 is 5.97 Å². The molecule has 6 heteroatoms. The van der Waals surface area contributed by atoms with Gasteiger partial charge in [0.1, 0.15) is 17.8 Å². The molecule has 3 rings (SSSR count). The predicted molar refractivity (Wildman–Crippen MR) is 77.0 cm³/mol. The molecule has 0 aliphatic heterocycles. The highest BCUT2D eigenvalue weighted by molar-refractivity contribution is 5.90. The Balaban J connectivity index is 1.74. The van der Waals surface area contributed by atoms with Crippen molar-refractivity contribution in [3.63, 3.8) is 0 Å². The lowest BCUT2D eigenvalue weighted by molar-refractivity contribution is 0.0467. The maximum Gasteiger partial charge on any atom is 0.342 e. The largest absolute Gasteiger partial charge is 0.455 e. The van der Waals surface area contributed by atoms with E-state index in [1.54, 1.807) is 11.7 Å². The number of nitrogens with zero attached hydrogens (tertiary/aromatic N) is 4. The number of ether oxygens (including phenoxy) is 1. The first-order valence-corrected chi connectivity index (χ1v) is 6.64. The van der Waals surface area contributed by atoms with Crippen molar-refractivity contribution in [1.82, 2.24) is 19.2 Å². The summed E-state index contributed by atoms with van der Waals surface area (Å²) in [7, 11) is 1.79. The molecule has 108 valence electrons. The van der Waals surface area contributed by atoms with Gasteiger partial charge in [-0.25, -0.2) is 9.78 Å². The Morgan fingerprint density at radius 3 is 2.81 bits per heavy atom. The molecule has 3 aromatic rings. The monoisotopic (exact) mass is 284 g/mol. The molecule has 0 saturated heterocycles. The number of carbonyl (C=O) groups is 1. The first-order chi connectivity index (χ1) is 10.0. The lowest BCUT2D eigenvalue weighted by Gasteiger charge is -2.02. The third kappa shape index (κ3) is 2.52. The van der Waals surface area contributed by atoms with Crippen molar-refractivity contribution in [1.29, 1.82) is 0 Å². The summed E-state index contributed by atoms with van der Waals surface area (Å²) in [5.74, 6) is -0.381. The second kappa shape index (κ2) is 5.05. The molecular weight excluding hydrogens is 268 g/mol. The summed E-state index contributed by atoms with van der Waals surface area (Å²) in [5, 5.41) is 4.03. The van der Waals surface area contributed by atoms with Crippen LogP contribution in [0.1, 0.15) is 27.3 Å². The van der Waals surface area contributed by atoms with Crippen LogP contribution in [0.3, 0.4) is 0 Å². The first-order valence-electron chi connectivity index (χ1n) is 6.64. The summed E-state index contributed by atoms with van der Waals surface area (Å²) in [6.45, 7) is 4.00. The zero-order valence-electron chi connectivity index (χ0n) is 12.2. The van der Waals surface area contributed by atoms with Crippen molar-refractivity contribution in [3.05, 3.63) is 53.2 Å². The molecule has 0 amide bonds. The predicted octanol–water partition coefficient (Wildman–Crippen LogP) is 2.04. The van der Waals surface area contributed by atoms with Gasteiger partial charge in [-0.3, -0.25) is 4.68 Å². The van der Waals surface area contributed by atoms with Crippen LogP contribution in [0.25, 0.3) is 5.65 Å². The Labute approximate surface area is 122 Å². The molecule has 0 saturated carbocycles. The van der Waals surface area contributed by atoms with Crippen molar-refractivity contribution in [2.75, 3.05) is 0 Å². The number of rotatable bonds is 3. The summed E-state index contributed by atoms with van der Waals surface area (Å²) < 4.78 is 8.87. The first kappa shape index (κ1) is 13.4. The van der Waals surface area contributed by atoms with Crippen molar-refractivity contribution in [2.45, 2.75) is 20.5 Å². The van der Waals surface area contributed by atoms with E-state index in [2.05, 4.69) is 10.1 Å². The third-order valence-electron chi connectivity index (χ3n) is 3.46. The minimum Gasteiger partial charge on any atom is -0.455 e. The highest BCUT2D eigenvalue weighted by atomic mass is 16.5.